The molecular weight excluding hydrogens is 244 g/mol. The van der Waals surface area contributed by atoms with Gasteiger partial charge in [0, 0.05) is 0 Å². The molecule has 0 aliphatic rings. The van der Waals surface area contributed by atoms with Crippen LogP contribution in [-0.4, -0.2) is 46.2 Å². The standard InChI is InChI=1S/C5H11NO2S.C5H11NO2/c1-9-3-2-4(6)5(7)8;1-3(2)4(6)5(7)8/h4H,2-3,6H2,1H3,(H,7,8);3-4H,6H2,1-2H3,(H,7,8)/t2*4-/m00/s1. The molecule has 0 saturated carbocycles. The lowest BCUT2D eigenvalue weighted by Crippen LogP contribution is -2.34. The van der Waals surface area contributed by atoms with Gasteiger partial charge in [0.05, 0.1) is 0 Å². The Morgan fingerprint density at radius 3 is 1.82 bits per heavy atom. The number of carbonyl (C=O) groups is 2. The smallest absolute Gasteiger partial charge is 0.320 e. The van der Waals surface area contributed by atoms with Crippen molar-refractivity contribution in [3.05, 3.63) is 0 Å². The zero-order valence-corrected chi connectivity index (χ0v) is 11.2. The minimum atomic E-state index is -0.931. The van der Waals surface area contributed by atoms with Crippen LogP contribution in [0.25, 0.3) is 0 Å². The molecule has 0 unspecified atom stereocenters. The van der Waals surface area contributed by atoms with Crippen molar-refractivity contribution in [1.29, 1.82) is 0 Å². The molecule has 0 bridgehead atoms. The van der Waals surface area contributed by atoms with E-state index < -0.39 is 24.0 Å². The lowest BCUT2D eigenvalue weighted by Gasteiger charge is -2.07. The predicted octanol–water partition coefficient (Wildman–Crippen LogP) is 0.206. The van der Waals surface area contributed by atoms with Crippen molar-refractivity contribution in [2.45, 2.75) is 32.4 Å². The number of carboxylic acid groups (broad SMARTS) is 2. The summed E-state index contributed by atoms with van der Waals surface area (Å²) in [5, 5.41) is 16.5. The number of aliphatic carboxylic acids is 2. The SMILES string of the molecule is CC(C)[C@H](N)C(=O)O.CSCC[C@H](N)C(=O)O. The molecule has 0 aliphatic heterocycles. The summed E-state index contributed by atoms with van der Waals surface area (Å²) in [4.78, 5) is 20.1. The predicted molar refractivity (Wildman–Crippen MR) is 69.1 cm³/mol. The fourth-order valence-corrected chi connectivity index (χ4v) is 1.14. The highest BCUT2D eigenvalue weighted by Gasteiger charge is 2.14. The largest absolute Gasteiger partial charge is 0.480 e. The van der Waals surface area contributed by atoms with Crippen LogP contribution in [0, 0.1) is 5.92 Å². The molecule has 7 heteroatoms. The first kappa shape index (κ1) is 18.6. The maximum absolute atomic E-state index is 10.1. The Morgan fingerprint density at radius 2 is 1.65 bits per heavy atom. The lowest BCUT2D eigenvalue weighted by atomic mass is 10.1. The van der Waals surface area contributed by atoms with E-state index in [1.54, 1.807) is 25.6 Å². The molecular formula is C10H22N2O4S. The van der Waals surface area contributed by atoms with E-state index >= 15 is 0 Å². The third-order valence-corrected chi connectivity index (χ3v) is 2.60. The molecule has 0 fully saturated rings. The van der Waals surface area contributed by atoms with E-state index in [0.29, 0.717) is 6.42 Å². The molecule has 0 aromatic rings. The number of rotatable bonds is 6. The quantitative estimate of drug-likeness (QED) is 0.541. The van der Waals surface area contributed by atoms with Crippen molar-refractivity contribution in [3.63, 3.8) is 0 Å². The first-order valence-electron chi connectivity index (χ1n) is 5.19. The van der Waals surface area contributed by atoms with Crippen LogP contribution in [0.2, 0.25) is 0 Å². The van der Waals surface area contributed by atoms with Crippen LogP contribution in [0.1, 0.15) is 20.3 Å². The van der Waals surface area contributed by atoms with Gasteiger partial charge in [0.15, 0.2) is 0 Å². The van der Waals surface area contributed by atoms with Crippen LogP contribution < -0.4 is 11.5 Å². The van der Waals surface area contributed by atoms with Gasteiger partial charge in [-0.15, -0.1) is 0 Å². The van der Waals surface area contributed by atoms with Crippen LogP contribution in [0.3, 0.4) is 0 Å². The molecule has 6 nitrogen and oxygen atoms in total. The van der Waals surface area contributed by atoms with Gasteiger partial charge in [-0.3, -0.25) is 9.59 Å². The number of hydrogen-bond acceptors (Lipinski definition) is 5. The van der Waals surface area contributed by atoms with Gasteiger partial charge in [-0.05, 0) is 24.3 Å². The fourth-order valence-electron chi connectivity index (χ4n) is 0.653. The first-order chi connectivity index (χ1) is 7.73. The Labute approximate surface area is 106 Å². The van der Waals surface area contributed by atoms with Crippen molar-refractivity contribution in [1.82, 2.24) is 0 Å². The lowest BCUT2D eigenvalue weighted by molar-refractivity contribution is -0.140. The van der Waals surface area contributed by atoms with Gasteiger partial charge in [0.1, 0.15) is 12.1 Å². The molecule has 0 saturated heterocycles. The molecule has 0 radical (unpaired) electrons. The van der Waals surface area contributed by atoms with E-state index in [0.717, 1.165) is 5.75 Å². The van der Waals surface area contributed by atoms with E-state index in [-0.39, 0.29) is 5.92 Å². The van der Waals surface area contributed by atoms with Crippen molar-refractivity contribution >= 4 is 23.7 Å². The van der Waals surface area contributed by atoms with E-state index in [1.165, 1.54) is 0 Å². The van der Waals surface area contributed by atoms with Crippen molar-refractivity contribution < 1.29 is 19.8 Å². The Bertz CT molecular complexity index is 236. The molecule has 0 amide bonds. The van der Waals surface area contributed by atoms with Crippen LogP contribution in [0.5, 0.6) is 0 Å². The van der Waals surface area contributed by atoms with Crippen LogP contribution in [0.15, 0.2) is 0 Å². The zero-order chi connectivity index (χ0) is 14.0. The van der Waals surface area contributed by atoms with Crippen molar-refractivity contribution in [2.24, 2.45) is 17.4 Å². The van der Waals surface area contributed by atoms with Gasteiger partial charge in [0.25, 0.3) is 0 Å². The van der Waals surface area contributed by atoms with Crippen molar-refractivity contribution in [2.75, 3.05) is 12.0 Å². The summed E-state index contributed by atoms with van der Waals surface area (Å²) in [6, 6.07) is -1.40. The number of hydrogen-bond donors (Lipinski definition) is 4. The van der Waals surface area contributed by atoms with Gasteiger partial charge >= 0.3 is 11.9 Å². The number of thioether (sulfide) groups is 1. The summed E-state index contributed by atoms with van der Waals surface area (Å²) >= 11 is 1.60. The minimum absolute atomic E-state index is 0.0208. The molecule has 17 heavy (non-hydrogen) atoms. The van der Waals surface area contributed by atoms with E-state index in [4.69, 9.17) is 21.7 Å². The number of nitrogens with two attached hydrogens (primary N) is 2. The average molecular weight is 266 g/mol. The summed E-state index contributed by atoms with van der Waals surface area (Å²) in [6.07, 6.45) is 2.48. The average Bonchev–Trinajstić information content (AvgIpc) is 2.25. The number of carboxylic acids is 2. The second kappa shape index (κ2) is 10.4. The third kappa shape index (κ3) is 11.5. The molecule has 0 rings (SSSR count). The highest BCUT2D eigenvalue weighted by Crippen LogP contribution is 1.97. The summed E-state index contributed by atoms with van der Waals surface area (Å²) in [7, 11) is 0. The van der Waals surface area contributed by atoms with E-state index in [2.05, 4.69) is 0 Å². The Morgan fingerprint density at radius 1 is 1.18 bits per heavy atom. The van der Waals surface area contributed by atoms with Gasteiger partial charge in [0.2, 0.25) is 0 Å². The maximum Gasteiger partial charge on any atom is 0.320 e. The molecule has 0 heterocycles. The Balaban J connectivity index is 0. The van der Waals surface area contributed by atoms with E-state index in [1.807, 2.05) is 6.26 Å². The molecule has 6 N–H and O–H groups in total. The van der Waals surface area contributed by atoms with Crippen LogP contribution in [0.4, 0.5) is 0 Å². The Hall–Kier alpha value is -0.790. The third-order valence-electron chi connectivity index (χ3n) is 1.95. The fraction of sp³-hybridized carbons (Fsp3) is 0.800. The molecule has 0 aliphatic carbocycles. The molecule has 2 atom stereocenters. The topological polar surface area (TPSA) is 127 Å². The van der Waals surface area contributed by atoms with Gasteiger partial charge in [-0.1, -0.05) is 13.8 Å². The van der Waals surface area contributed by atoms with Gasteiger partial charge in [-0.2, -0.15) is 11.8 Å². The summed E-state index contributed by atoms with van der Waals surface area (Å²) < 4.78 is 0. The van der Waals surface area contributed by atoms with E-state index in [9.17, 15) is 9.59 Å². The van der Waals surface area contributed by atoms with Crippen molar-refractivity contribution in [3.8, 4) is 0 Å². The minimum Gasteiger partial charge on any atom is -0.480 e. The summed E-state index contributed by atoms with van der Waals surface area (Å²) in [5.41, 5.74) is 10.3. The highest BCUT2D eigenvalue weighted by atomic mass is 32.2. The second-order valence-corrected chi connectivity index (χ2v) is 4.82. The van der Waals surface area contributed by atoms with Crippen LogP contribution in [-0.2, 0) is 9.59 Å². The zero-order valence-electron chi connectivity index (χ0n) is 10.4. The molecule has 0 aromatic carbocycles. The molecule has 0 spiro atoms. The van der Waals surface area contributed by atoms with Gasteiger partial charge in [-0.25, -0.2) is 0 Å². The second-order valence-electron chi connectivity index (χ2n) is 3.83. The maximum atomic E-state index is 10.1. The first-order valence-corrected chi connectivity index (χ1v) is 6.59. The molecule has 102 valence electrons. The normalized spacial score (nSPS) is 13.5. The van der Waals surface area contributed by atoms with Gasteiger partial charge < -0.3 is 21.7 Å². The summed E-state index contributed by atoms with van der Waals surface area (Å²) in [5.74, 6) is -1.01. The molecule has 0 aromatic heterocycles. The summed E-state index contributed by atoms with van der Waals surface area (Å²) in [6.45, 7) is 3.55. The monoisotopic (exact) mass is 266 g/mol. The highest BCUT2D eigenvalue weighted by molar-refractivity contribution is 7.98. The van der Waals surface area contributed by atoms with Crippen LogP contribution >= 0.6 is 11.8 Å². The Kier molecular flexibility index (Phi) is 11.3.